The molecule has 1 aromatic heterocycles. The highest BCUT2D eigenvalue weighted by Crippen LogP contribution is 2.15. The predicted molar refractivity (Wildman–Crippen MR) is 84.1 cm³/mol. The molecule has 3 nitrogen and oxygen atoms in total. The standard InChI is InChI=1S/C16H20BrNO2/c1-13(4-7-15-3-2-11-19-15)18-10-12-20-16-8-5-14(17)6-9-16/h2-3,5-6,8-9,11,13,18H,4,7,10,12H2,1H3. The molecule has 1 N–H and O–H groups in total. The number of furan rings is 1. The molecule has 1 heterocycles. The Hall–Kier alpha value is -1.26. The zero-order valence-corrected chi connectivity index (χ0v) is 13.2. The lowest BCUT2D eigenvalue weighted by Crippen LogP contribution is -2.30. The Labute approximate surface area is 128 Å². The lowest BCUT2D eigenvalue weighted by atomic mass is 10.1. The summed E-state index contributed by atoms with van der Waals surface area (Å²) in [6.45, 7) is 3.70. The molecule has 1 unspecified atom stereocenters. The fraction of sp³-hybridized carbons (Fsp3) is 0.375. The molecule has 0 radical (unpaired) electrons. The first-order valence-electron chi connectivity index (χ1n) is 6.88. The highest BCUT2D eigenvalue weighted by atomic mass is 79.9. The molecule has 0 saturated heterocycles. The summed E-state index contributed by atoms with van der Waals surface area (Å²) in [5, 5.41) is 3.45. The van der Waals surface area contributed by atoms with E-state index in [9.17, 15) is 0 Å². The minimum absolute atomic E-state index is 0.452. The van der Waals surface area contributed by atoms with E-state index in [1.807, 2.05) is 36.4 Å². The first-order chi connectivity index (χ1) is 9.74. The summed E-state index contributed by atoms with van der Waals surface area (Å²) in [4.78, 5) is 0. The first kappa shape index (κ1) is 15.1. The average molecular weight is 338 g/mol. The van der Waals surface area contributed by atoms with Crippen LogP contribution in [0.2, 0.25) is 0 Å². The van der Waals surface area contributed by atoms with E-state index in [-0.39, 0.29) is 0 Å². The van der Waals surface area contributed by atoms with E-state index in [1.54, 1.807) is 6.26 Å². The Bertz CT molecular complexity index is 482. The molecule has 0 aliphatic rings. The van der Waals surface area contributed by atoms with E-state index in [2.05, 4.69) is 28.2 Å². The second-order valence-corrected chi connectivity index (χ2v) is 5.69. The minimum Gasteiger partial charge on any atom is -0.492 e. The van der Waals surface area contributed by atoms with Crippen molar-refractivity contribution >= 4 is 15.9 Å². The van der Waals surface area contributed by atoms with Gasteiger partial charge in [-0.2, -0.15) is 0 Å². The third-order valence-corrected chi connectivity index (χ3v) is 3.61. The number of aryl methyl sites for hydroxylation is 1. The van der Waals surface area contributed by atoms with Crippen molar-refractivity contribution in [2.45, 2.75) is 25.8 Å². The van der Waals surface area contributed by atoms with Crippen LogP contribution >= 0.6 is 15.9 Å². The molecule has 108 valence electrons. The van der Waals surface area contributed by atoms with Gasteiger partial charge >= 0.3 is 0 Å². The van der Waals surface area contributed by atoms with Crippen LogP contribution in [0.4, 0.5) is 0 Å². The second kappa shape index (κ2) is 8.12. The number of halogens is 1. The van der Waals surface area contributed by atoms with Crippen molar-refractivity contribution in [1.29, 1.82) is 0 Å². The second-order valence-electron chi connectivity index (χ2n) is 4.78. The lowest BCUT2D eigenvalue weighted by Gasteiger charge is -2.13. The third-order valence-electron chi connectivity index (χ3n) is 3.08. The van der Waals surface area contributed by atoms with Gasteiger partial charge in [0.25, 0.3) is 0 Å². The highest BCUT2D eigenvalue weighted by Gasteiger charge is 2.03. The number of hydrogen-bond donors (Lipinski definition) is 1. The van der Waals surface area contributed by atoms with Gasteiger partial charge in [0.2, 0.25) is 0 Å². The van der Waals surface area contributed by atoms with Crippen LogP contribution < -0.4 is 10.1 Å². The maximum absolute atomic E-state index is 5.66. The molecule has 0 bridgehead atoms. The van der Waals surface area contributed by atoms with Crippen LogP contribution in [0.25, 0.3) is 0 Å². The van der Waals surface area contributed by atoms with Gasteiger partial charge in [-0.1, -0.05) is 15.9 Å². The summed E-state index contributed by atoms with van der Waals surface area (Å²) in [5.74, 6) is 1.95. The Morgan fingerprint density at radius 3 is 2.75 bits per heavy atom. The SMILES string of the molecule is CC(CCc1ccco1)NCCOc1ccc(Br)cc1. The van der Waals surface area contributed by atoms with E-state index < -0.39 is 0 Å². The Morgan fingerprint density at radius 2 is 2.05 bits per heavy atom. The number of ether oxygens (including phenoxy) is 1. The molecule has 0 aliphatic carbocycles. The van der Waals surface area contributed by atoms with Gasteiger partial charge in [-0.15, -0.1) is 0 Å². The zero-order chi connectivity index (χ0) is 14.2. The minimum atomic E-state index is 0.452. The normalized spacial score (nSPS) is 12.3. The van der Waals surface area contributed by atoms with Gasteiger partial charge in [-0.25, -0.2) is 0 Å². The van der Waals surface area contributed by atoms with Crippen molar-refractivity contribution in [1.82, 2.24) is 5.32 Å². The molecule has 2 rings (SSSR count). The van der Waals surface area contributed by atoms with Crippen molar-refractivity contribution in [3.05, 3.63) is 52.9 Å². The molecule has 20 heavy (non-hydrogen) atoms. The van der Waals surface area contributed by atoms with Crippen molar-refractivity contribution in [3.8, 4) is 5.75 Å². The molecular weight excluding hydrogens is 318 g/mol. The molecular formula is C16H20BrNO2. The number of benzene rings is 1. The summed E-state index contributed by atoms with van der Waals surface area (Å²) >= 11 is 3.40. The Morgan fingerprint density at radius 1 is 1.25 bits per heavy atom. The van der Waals surface area contributed by atoms with E-state index in [0.717, 1.165) is 35.4 Å². The van der Waals surface area contributed by atoms with Crippen molar-refractivity contribution in [3.63, 3.8) is 0 Å². The predicted octanol–water partition coefficient (Wildman–Crippen LogP) is 4.03. The van der Waals surface area contributed by atoms with Crippen LogP contribution in [0, 0.1) is 0 Å². The molecule has 0 saturated carbocycles. The van der Waals surface area contributed by atoms with Gasteiger partial charge < -0.3 is 14.5 Å². The monoisotopic (exact) mass is 337 g/mol. The quantitative estimate of drug-likeness (QED) is 0.738. The fourth-order valence-electron chi connectivity index (χ4n) is 1.92. The smallest absolute Gasteiger partial charge is 0.119 e. The number of hydrogen-bond acceptors (Lipinski definition) is 3. The molecule has 0 fully saturated rings. The Balaban J connectivity index is 1.57. The maximum atomic E-state index is 5.66. The molecule has 0 amide bonds. The van der Waals surface area contributed by atoms with Gasteiger partial charge in [-0.05, 0) is 49.7 Å². The van der Waals surface area contributed by atoms with Gasteiger partial charge in [0.15, 0.2) is 0 Å². The van der Waals surface area contributed by atoms with E-state index in [4.69, 9.17) is 9.15 Å². The maximum Gasteiger partial charge on any atom is 0.119 e. The van der Waals surface area contributed by atoms with Crippen LogP contribution in [0.5, 0.6) is 5.75 Å². The summed E-state index contributed by atoms with van der Waals surface area (Å²) in [7, 11) is 0. The van der Waals surface area contributed by atoms with Crippen molar-refractivity contribution < 1.29 is 9.15 Å². The van der Waals surface area contributed by atoms with E-state index in [0.29, 0.717) is 12.6 Å². The molecule has 1 atom stereocenters. The van der Waals surface area contributed by atoms with E-state index in [1.165, 1.54) is 0 Å². The molecule has 2 aromatic rings. The van der Waals surface area contributed by atoms with Crippen LogP contribution in [0.3, 0.4) is 0 Å². The lowest BCUT2D eigenvalue weighted by molar-refractivity contribution is 0.304. The first-order valence-corrected chi connectivity index (χ1v) is 7.67. The van der Waals surface area contributed by atoms with Gasteiger partial charge in [0.05, 0.1) is 6.26 Å². The Kier molecular flexibility index (Phi) is 6.15. The number of rotatable bonds is 8. The largest absolute Gasteiger partial charge is 0.492 e. The summed E-state index contributed by atoms with van der Waals surface area (Å²) in [6.07, 6.45) is 3.75. The number of nitrogens with one attached hydrogen (secondary N) is 1. The van der Waals surface area contributed by atoms with Gasteiger partial charge in [0, 0.05) is 23.5 Å². The van der Waals surface area contributed by atoms with Crippen LogP contribution in [-0.4, -0.2) is 19.2 Å². The molecule has 4 heteroatoms. The average Bonchev–Trinajstić information content (AvgIpc) is 2.96. The highest BCUT2D eigenvalue weighted by molar-refractivity contribution is 9.10. The topological polar surface area (TPSA) is 34.4 Å². The summed E-state index contributed by atoms with van der Waals surface area (Å²) < 4.78 is 12.0. The molecule has 0 spiro atoms. The fourth-order valence-corrected chi connectivity index (χ4v) is 2.19. The van der Waals surface area contributed by atoms with Crippen LogP contribution in [0.1, 0.15) is 19.1 Å². The zero-order valence-electron chi connectivity index (χ0n) is 11.6. The van der Waals surface area contributed by atoms with Crippen molar-refractivity contribution in [2.75, 3.05) is 13.2 Å². The van der Waals surface area contributed by atoms with Gasteiger partial charge in [0.1, 0.15) is 18.1 Å². The summed E-state index contributed by atoms with van der Waals surface area (Å²) in [6, 6.07) is 12.3. The van der Waals surface area contributed by atoms with E-state index >= 15 is 0 Å². The van der Waals surface area contributed by atoms with Gasteiger partial charge in [-0.3, -0.25) is 0 Å². The van der Waals surface area contributed by atoms with Crippen LogP contribution in [-0.2, 0) is 6.42 Å². The van der Waals surface area contributed by atoms with Crippen molar-refractivity contribution in [2.24, 2.45) is 0 Å². The molecule has 0 aliphatic heterocycles. The summed E-state index contributed by atoms with van der Waals surface area (Å²) in [5.41, 5.74) is 0. The van der Waals surface area contributed by atoms with Crippen LogP contribution in [0.15, 0.2) is 51.6 Å². The third kappa shape index (κ3) is 5.39. The molecule has 1 aromatic carbocycles.